The predicted octanol–water partition coefficient (Wildman–Crippen LogP) is 4.21. The molecule has 0 spiro atoms. The molecular formula is C23H26N2O3. The predicted molar refractivity (Wildman–Crippen MR) is 108 cm³/mol. The van der Waals surface area contributed by atoms with Crippen molar-refractivity contribution in [2.24, 2.45) is 5.92 Å². The SMILES string of the molecule is CN(C(=O)C1CC1)c1ccc2c(c1)CCC[C@H]2CCc1cnccc1C(=O)O. The Balaban J connectivity index is 1.50. The maximum atomic E-state index is 12.4. The van der Waals surface area contributed by atoms with Crippen LogP contribution in [0.2, 0.25) is 0 Å². The molecule has 1 amide bonds. The number of amides is 1. The molecule has 1 aromatic heterocycles. The number of carbonyl (C=O) groups is 2. The minimum Gasteiger partial charge on any atom is -0.478 e. The number of nitrogens with zero attached hydrogens (tertiary/aromatic N) is 2. The second kappa shape index (κ2) is 7.74. The smallest absolute Gasteiger partial charge is 0.336 e. The topological polar surface area (TPSA) is 70.5 Å². The van der Waals surface area contributed by atoms with Gasteiger partial charge in [-0.1, -0.05) is 6.07 Å². The van der Waals surface area contributed by atoms with Crippen LogP contribution in [-0.4, -0.2) is 29.0 Å². The van der Waals surface area contributed by atoms with Crippen LogP contribution in [0.4, 0.5) is 5.69 Å². The molecule has 146 valence electrons. The first-order valence-corrected chi connectivity index (χ1v) is 10.1. The van der Waals surface area contributed by atoms with Crippen molar-refractivity contribution in [1.82, 2.24) is 4.98 Å². The van der Waals surface area contributed by atoms with Crippen molar-refractivity contribution in [3.8, 4) is 0 Å². The summed E-state index contributed by atoms with van der Waals surface area (Å²) in [6.45, 7) is 0. The molecule has 2 aliphatic carbocycles. The molecule has 5 heteroatoms. The number of pyridine rings is 1. The Bertz CT molecular complexity index is 904. The third-order valence-electron chi connectivity index (χ3n) is 6.11. The lowest BCUT2D eigenvalue weighted by Crippen LogP contribution is -2.28. The number of carboxylic acid groups (broad SMARTS) is 1. The van der Waals surface area contributed by atoms with E-state index >= 15 is 0 Å². The monoisotopic (exact) mass is 378 g/mol. The summed E-state index contributed by atoms with van der Waals surface area (Å²) in [7, 11) is 1.87. The van der Waals surface area contributed by atoms with Gasteiger partial charge in [-0.3, -0.25) is 9.78 Å². The number of aryl methyl sites for hydroxylation is 2. The van der Waals surface area contributed by atoms with Crippen molar-refractivity contribution in [1.29, 1.82) is 0 Å². The van der Waals surface area contributed by atoms with Gasteiger partial charge < -0.3 is 10.0 Å². The summed E-state index contributed by atoms with van der Waals surface area (Å²) in [4.78, 5) is 29.7. The molecular weight excluding hydrogens is 352 g/mol. The molecule has 1 aromatic carbocycles. The van der Waals surface area contributed by atoms with Gasteiger partial charge in [-0.2, -0.15) is 0 Å². The van der Waals surface area contributed by atoms with E-state index in [4.69, 9.17) is 0 Å². The van der Waals surface area contributed by atoms with Crippen molar-refractivity contribution in [3.05, 3.63) is 58.9 Å². The van der Waals surface area contributed by atoms with Gasteiger partial charge in [0.05, 0.1) is 5.56 Å². The number of fused-ring (bicyclic) bond motifs is 1. The maximum absolute atomic E-state index is 12.4. The van der Waals surface area contributed by atoms with Crippen LogP contribution in [-0.2, 0) is 17.6 Å². The van der Waals surface area contributed by atoms with Crippen LogP contribution in [0.3, 0.4) is 0 Å². The van der Waals surface area contributed by atoms with Gasteiger partial charge in [-0.25, -0.2) is 4.79 Å². The molecule has 1 fully saturated rings. The first kappa shape index (κ1) is 18.7. The molecule has 0 bridgehead atoms. The Morgan fingerprint density at radius 2 is 2.04 bits per heavy atom. The number of aromatic carboxylic acids is 1. The van der Waals surface area contributed by atoms with Crippen LogP contribution in [0.5, 0.6) is 0 Å². The highest BCUT2D eigenvalue weighted by atomic mass is 16.4. The summed E-state index contributed by atoms with van der Waals surface area (Å²) in [5.41, 5.74) is 4.81. The largest absolute Gasteiger partial charge is 0.478 e. The molecule has 1 N–H and O–H groups in total. The summed E-state index contributed by atoms with van der Waals surface area (Å²) >= 11 is 0. The van der Waals surface area contributed by atoms with Crippen molar-refractivity contribution in [2.45, 2.75) is 50.9 Å². The van der Waals surface area contributed by atoms with E-state index in [0.29, 0.717) is 17.9 Å². The molecule has 0 unspecified atom stereocenters. The summed E-state index contributed by atoms with van der Waals surface area (Å²) in [6, 6.07) is 7.98. The minimum absolute atomic E-state index is 0.219. The molecule has 1 atom stereocenters. The molecule has 0 saturated heterocycles. The van der Waals surface area contributed by atoms with Crippen molar-refractivity contribution in [2.75, 3.05) is 11.9 Å². The Kier molecular flexibility index (Phi) is 5.16. The Labute approximate surface area is 165 Å². The van der Waals surface area contributed by atoms with Gasteiger partial charge in [0.2, 0.25) is 5.91 Å². The van der Waals surface area contributed by atoms with Gasteiger partial charge >= 0.3 is 5.97 Å². The lowest BCUT2D eigenvalue weighted by molar-refractivity contribution is -0.119. The highest BCUT2D eigenvalue weighted by molar-refractivity contribution is 5.96. The fourth-order valence-corrected chi connectivity index (χ4v) is 4.31. The number of carbonyl (C=O) groups excluding carboxylic acids is 1. The standard InChI is InChI=1S/C23H26N2O3/c1-25(22(26)16-6-7-16)19-9-10-20-15(3-2-4-17(20)13-19)5-8-18-14-24-12-11-21(18)23(27)28/h9-16H,2-8H2,1H3,(H,27,28)/t15-/m0/s1. The van der Waals surface area contributed by atoms with E-state index in [1.54, 1.807) is 17.2 Å². The van der Waals surface area contributed by atoms with Gasteiger partial charge in [0.15, 0.2) is 0 Å². The van der Waals surface area contributed by atoms with Crippen LogP contribution in [0.1, 0.15) is 65.1 Å². The number of benzene rings is 1. The van der Waals surface area contributed by atoms with E-state index < -0.39 is 5.97 Å². The molecule has 28 heavy (non-hydrogen) atoms. The van der Waals surface area contributed by atoms with Gasteiger partial charge in [-0.15, -0.1) is 0 Å². The van der Waals surface area contributed by atoms with Gasteiger partial charge in [0.1, 0.15) is 0 Å². The van der Waals surface area contributed by atoms with Crippen LogP contribution in [0, 0.1) is 5.92 Å². The van der Waals surface area contributed by atoms with E-state index in [-0.39, 0.29) is 11.8 Å². The first-order chi connectivity index (χ1) is 13.5. The molecule has 5 nitrogen and oxygen atoms in total. The van der Waals surface area contributed by atoms with Gasteiger partial charge in [0.25, 0.3) is 0 Å². The molecule has 2 aromatic rings. The molecule has 0 aliphatic heterocycles. The fraction of sp³-hybridized carbons (Fsp3) is 0.435. The Morgan fingerprint density at radius 3 is 2.79 bits per heavy atom. The fourth-order valence-electron chi connectivity index (χ4n) is 4.31. The lowest BCUT2D eigenvalue weighted by Gasteiger charge is -2.28. The number of rotatable bonds is 6. The van der Waals surface area contributed by atoms with Crippen LogP contribution in [0.15, 0.2) is 36.7 Å². The number of hydrogen-bond acceptors (Lipinski definition) is 3. The average Bonchev–Trinajstić information content (AvgIpc) is 3.56. The number of anilines is 1. The summed E-state index contributed by atoms with van der Waals surface area (Å²) in [6.07, 6.45) is 10.1. The molecule has 1 saturated carbocycles. The third kappa shape index (κ3) is 3.79. The summed E-state index contributed by atoms with van der Waals surface area (Å²) in [5, 5.41) is 9.37. The molecule has 2 aliphatic rings. The van der Waals surface area contributed by atoms with Crippen LogP contribution >= 0.6 is 0 Å². The Morgan fingerprint density at radius 1 is 1.21 bits per heavy atom. The molecule has 0 radical (unpaired) electrons. The van der Waals surface area contributed by atoms with E-state index in [9.17, 15) is 14.7 Å². The normalized spacial score (nSPS) is 18.4. The zero-order chi connectivity index (χ0) is 19.7. The molecule has 4 rings (SSSR count). The van der Waals surface area contributed by atoms with E-state index in [1.807, 2.05) is 7.05 Å². The van der Waals surface area contributed by atoms with Gasteiger partial charge in [0, 0.05) is 31.0 Å². The number of aromatic nitrogens is 1. The van der Waals surface area contributed by atoms with E-state index in [1.165, 1.54) is 17.3 Å². The Hall–Kier alpha value is -2.69. The van der Waals surface area contributed by atoms with Crippen LogP contribution in [0.25, 0.3) is 0 Å². The highest BCUT2D eigenvalue weighted by Crippen LogP contribution is 2.38. The number of carboxylic acids is 1. The number of hydrogen-bond donors (Lipinski definition) is 1. The first-order valence-electron chi connectivity index (χ1n) is 10.1. The second-order valence-corrected chi connectivity index (χ2v) is 8.02. The summed E-state index contributed by atoms with van der Waals surface area (Å²) < 4.78 is 0. The van der Waals surface area contributed by atoms with E-state index in [0.717, 1.165) is 49.8 Å². The maximum Gasteiger partial charge on any atom is 0.336 e. The van der Waals surface area contributed by atoms with Crippen LogP contribution < -0.4 is 4.90 Å². The minimum atomic E-state index is -0.894. The van der Waals surface area contributed by atoms with Gasteiger partial charge in [-0.05, 0) is 85.8 Å². The van der Waals surface area contributed by atoms with Crippen molar-refractivity contribution in [3.63, 3.8) is 0 Å². The van der Waals surface area contributed by atoms with E-state index in [2.05, 4.69) is 23.2 Å². The van der Waals surface area contributed by atoms with Crippen molar-refractivity contribution >= 4 is 17.6 Å². The van der Waals surface area contributed by atoms with Crippen molar-refractivity contribution < 1.29 is 14.7 Å². The lowest BCUT2D eigenvalue weighted by atomic mass is 9.79. The quantitative estimate of drug-likeness (QED) is 0.818. The summed E-state index contributed by atoms with van der Waals surface area (Å²) in [5.74, 6) is -0.0275. The second-order valence-electron chi connectivity index (χ2n) is 8.02. The highest BCUT2D eigenvalue weighted by Gasteiger charge is 2.33. The average molecular weight is 378 g/mol. The zero-order valence-corrected chi connectivity index (χ0v) is 16.2. The third-order valence-corrected chi connectivity index (χ3v) is 6.11. The molecule has 1 heterocycles. The zero-order valence-electron chi connectivity index (χ0n) is 16.2.